The fourth-order valence-electron chi connectivity index (χ4n) is 4.30. The van der Waals surface area contributed by atoms with E-state index in [2.05, 4.69) is 22.5 Å². The number of aliphatic imine (C=N–C) groups is 1. The molecule has 3 rings (SSSR count). The Bertz CT molecular complexity index is 418. The van der Waals surface area contributed by atoms with Crippen molar-refractivity contribution in [2.24, 2.45) is 16.8 Å². The molecule has 3 fully saturated rings. The fraction of sp³-hybridized carbons (Fsp3) is 0.947. The first-order valence-electron chi connectivity index (χ1n) is 10.3. The molecule has 0 aromatic rings. The van der Waals surface area contributed by atoms with Gasteiger partial charge in [-0.3, -0.25) is 4.99 Å². The van der Waals surface area contributed by atoms with Crippen LogP contribution in [0.1, 0.15) is 45.4 Å². The first-order valence-corrected chi connectivity index (χ1v) is 10.3. The van der Waals surface area contributed by atoms with E-state index in [-0.39, 0.29) is 6.10 Å². The van der Waals surface area contributed by atoms with Crippen molar-refractivity contribution >= 4 is 5.96 Å². The molecule has 2 saturated heterocycles. The molecular weight excluding hydrogens is 316 g/mol. The normalized spacial score (nSPS) is 32.2. The molecule has 144 valence electrons. The van der Waals surface area contributed by atoms with E-state index >= 15 is 0 Å². The van der Waals surface area contributed by atoms with Gasteiger partial charge in [-0.15, -0.1) is 0 Å². The Morgan fingerprint density at radius 3 is 2.68 bits per heavy atom. The number of hydrogen-bond acceptors (Lipinski definition) is 4. The molecule has 0 amide bonds. The second kappa shape index (κ2) is 9.74. The van der Waals surface area contributed by atoms with Gasteiger partial charge in [0.05, 0.1) is 12.7 Å². The van der Waals surface area contributed by atoms with Crippen molar-refractivity contribution in [3.63, 3.8) is 0 Å². The average molecular weight is 353 g/mol. The summed E-state index contributed by atoms with van der Waals surface area (Å²) in [5, 5.41) is 17.0. The van der Waals surface area contributed by atoms with Gasteiger partial charge in [0.1, 0.15) is 0 Å². The molecule has 0 bridgehead atoms. The summed E-state index contributed by atoms with van der Waals surface area (Å²) in [5.41, 5.74) is 0. The lowest BCUT2D eigenvalue weighted by Gasteiger charge is -2.34. The van der Waals surface area contributed by atoms with Gasteiger partial charge in [-0.2, -0.15) is 0 Å². The third-order valence-electron chi connectivity index (χ3n) is 5.92. The van der Waals surface area contributed by atoms with Crippen LogP contribution in [0.5, 0.6) is 0 Å². The molecule has 3 atom stereocenters. The standard InChI is InChI=1S/C19H36N4O2/c1-2-20-19(21-12-16-4-3-5-18(16)24)22-17-6-9-23(10-7-17)13-15-8-11-25-14-15/h15-18,24H,2-14H2,1H3,(H2,20,21,22). The Morgan fingerprint density at radius 2 is 2.04 bits per heavy atom. The van der Waals surface area contributed by atoms with Gasteiger partial charge in [-0.1, -0.05) is 6.42 Å². The Hall–Kier alpha value is -0.850. The van der Waals surface area contributed by atoms with Crippen molar-refractivity contribution in [1.29, 1.82) is 0 Å². The van der Waals surface area contributed by atoms with E-state index in [0.29, 0.717) is 12.0 Å². The van der Waals surface area contributed by atoms with Gasteiger partial charge < -0.3 is 25.4 Å². The van der Waals surface area contributed by atoms with E-state index in [1.807, 2.05) is 0 Å². The van der Waals surface area contributed by atoms with Crippen LogP contribution in [-0.4, -0.2) is 74.0 Å². The van der Waals surface area contributed by atoms with Crippen molar-refractivity contribution in [2.45, 2.75) is 57.6 Å². The van der Waals surface area contributed by atoms with Crippen LogP contribution < -0.4 is 10.6 Å². The molecule has 1 saturated carbocycles. The number of guanidine groups is 1. The molecule has 0 aromatic heterocycles. The molecule has 25 heavy (non-hydrogen) atoms. The Morgan fingerprint density at radius 1 is 1.20 bits per heavy atom. The van der Waals surface area contributed by atoms with Crippen molar-refractivity contribution in [1.82, 2.24) is 15.5 Å². The smallest absolute Gasteiger partial charge is 0.191 e. The summed E-state index contributed by atoms with van der Waals surface area (Å²) in [6.45, 7) is 9.12. The van der Waals surface area contributed by atoms with Crippen molar-refractivity contribution in [3.05, 3.63) is 0 Å². The lowest BCUT2D eigenvalue weighted by molar-refractivity contribution is 0.136. The maximum Gasteiger partial charge on any atom is 0.191 e. The van der Waals surface area contributed by atoms with E-state index < -0.39 is 0 Å². The predicted octanol–water partition coefficient (Wildman–Crippen LogP) is 1.20. The number of aliphatic hydroxyl groups is 1. The van der Waals surface area contributed by atoms with Gasteiger partial charge in [0.2, 0.25) is 0 Å². The van der Waals surface area contributed by atoms with Gasteiger partial charge in [0.15, 0.2) is 5.96 Å². The fourth-order valence-corrected chi connectivity index (χ4v) is 4.30. The molecule has 0 radical (unpaired) electrons. The maximum atomic E-state index is 9.97. The minimum Gasteiger partial charge on any atom is -0.393 e. The summed E-state index contributed by atoms with van der Waals surface area (Å²) >= 11 is 0. The molecule has 1 aliphatic carbocycles. The topological polar surface area (TPSA) is 69.1 Å². The summed E-state index contributed by atoms with van der Waals surface area (Å²) in [6.07, 6.45) is 6.59. The molecule has 2 aliphatic heterocycles. The average Bonchev–Trinajstić information content (AvgIpc) is 3.26. The lowest BCUT2D eigenvalue weighted by Crippen LogP contribution is -2.49. The second-order valence-corrected chi connectivity index (χ2v) is 7.93. The highest BCUT2D eigenvalue weighted by atomic mass is 16.5. The van der Waals surface area contributed by atoms with Gasteiger partial charge in [0.25, 0.3) is 0 Å². The van der Waals surface area contributed by atoms with E-state index in [1.54, 1.807) is 0 Å². The van der Waals surface area contributed by atoms with Crippen molar-refractivity contribution in [2.75, 3.05) is 45.9 Å². The van der Waals surface area contributed by atoms with Crippen molar-refractivity contribution in [3.8, 4) is 0 Å². The molecule has 0 spiro atoms. The number of nitrogens with one attached hydrogen (secondary N) is 2. The second-order valence-electron chi connectivity index (χ2n) is 7.93. The van der Waals surface area contributed by atoms with E-state index in [0.717, 1.165) is 70.5 Å². The third-order valence-corrected chi connectivity index (χ3v) is 5.92. The van der Waals surface area contributed by atoms with Crippen LogP contribution in [0.25, 0.3) is 0 Å². The van der Waals surface area contributed by atoms with Crippen LogP contribution in [0.15, 0.2) is 4.99 Å². The quantitative estimate of drug-likeness (QED) is 0.495. The number of hydrogen-bond donors (Lipinski definition) is 3. The van der Waals surface area contributed by atoms with Crippen molar-refractivity contribution < 1.29 is 9.84 Å². The summed E-state index contributed by atoms with van der Waals surface area (Å²) in [7, 11) is 0. The predicted molar refractivity (Wildman–Crippen MR) is 101 cm³/mol. The SMILES string of the molecule is CCNC(=NCC1CCCC1O)NC1CCN(CC2CCOC2)CC1. The number of rotatable bonds is 6. The number of piperidine rings is 1. The van der Waals surface area contributed by atoms with E-state index in [4.69, 9.17) is 9.73 Å². The molecule has 6 nitrogen and oxygen atoms in total. The van der Waals surface area contributed by atoms with Crippen LogP contribution >= 0.6 is 0 Å². The Labute approximate surface area is 152 Å². The van der Waals surface area contributed by atoms with Crippen LogP contribution in [0, 0.1) is 11.8 Å². The molecule has 6 heteroatoms. The monoisotopic (exact) mass is 352 g/mol. The Kier molecular flexibility index (Phi) is 7.37. The highest BCUT2D eigenvalue weighted by Crippen LogP contribution is 2.25. The number of nitrogens with zero attached hydrogens (tertiary/aromatic N) is 2. The third kappa shape index (κ3) is 5.83. The molecule has 3 aliphatic rings. The van der Waals surface area contributed by atoms with Gasteiger partial charge in [0, 0.05) is 51.3 Å². The molecule has 2 heterocycles. The number of ether oxygens (including phenoxy) is 1. The zero-order valence-electron chi connectivity index (χ0n) is 15.8. The minimum absolute atomic E-state index is 0.158. The maximum absolute atomic E-state index is 9.97. The summed E-state index contributed by atoms with van der Waals surface area (Å²) < 4.78 is 5.50. The van der Waals surface area contributed by atoms with Crippen LogP contribution in [0.4, 0.5) is 0 Å². The van der Waals surface area contributed by atoms with E-state index in [9.17, 15) is 5.11 Å². The van der Waals surface area contributed by atoms with E-state index in [1.165, 1.54) is 25.8 Å². The van der Waals surface area contributed by atoms with Gasteiger partial charge in [-0.25, -0.2) is 0 Å². The number of aliphatic hydroxyl groups excluding tert-OH is 1. The summed E-state index contributed by atoms with van der Waals surface area (Å²) in [5.74, 6) is 2.00. The van der Waals surface area contributed by atoms with Crippen LogP contribution in [-0.2, 0) is 4.74 Å². The first kappa shape index (κ1) is 18.9. The first-order chi connectivity index (χ1) is 12.2. The lowest BCUT2D eigenvalue weighted by atomic mass is 10.0. The highest BCUT2D eigenvalue weighted by molar-refractivity contribution is 5.80. The van der Waals surface area contributed by atoms with Crippen LogP contribution in [0.2, 0.25) is 0 Å². The molecular formula is C19H36N4O2. The van der Waals surface area contributed by atoms with Crippen LogP contribution in [0.3, 0.4) is 0 Å². The molecule has 0 aromatic carbocycles. The largest absolute Gasteiger partial charge is 0.393 e. The summed E-state index contributed by atoms with van der Waals surface area (Å²) in [4.78, 5) is 7.34. The minimum atomic E-state index is -0.158. The zero-order valence-corrected chi connectivity index (χ0v) is 15.8. The number of likely N-dealkylation sites (tertiary alicyclic amines) is 1. The van der Waals surface area contributed by atoms with Gasteiger partial charge >= 0.3 is 0 Å². The highest BCUT2D eigenvalue weighted by Gasteiger charge is 2.26. The zero-order chi connectivity index (χ0) is 17.5. The molecule has 3 N–H and O–H groups in total. The molecule has 3 unspecified atom stereocenters. The summed E-state index contributed by atoms with van der Waals surface area (Å²) in [6, 6.07) is 0.502. The van der Waals surface area contributed by atoms with Gasteiger partial charge in [-0.05, 0) is 44.9 Å². The Balaban J connectivity index is 1.41.